The lowest BCUT2D eigenvalue weighted by Crippen LogP contribution is -2.64. The second kappa shape index (κ2) is 37.2. The van der Waals surface area contributed by atoms with Gasteiger partial charge in [-0.15, -0.1) is 0 Å². The third-order valence-corrected chi connectivity index (χ3v) is 11.6. The van der Waals surface area contributed by atoms with Gasteiger partial charge in [0.2, 0.25) is 0 Å². The van der Waals surface area contributed by atoms with Gasteiger partial charge in [0.15, 0.2) is 6.10 Å². The van der Waals surface area contributed by atoms with E-state index in [1.165, 1.54) is 51.4 Å². The van der Waals surface area contributed by atoms with Gasteiger partial charge >= 0.3 is 19.8 Å². The minimum absolute atomic E-state index is 0.0854. The van der Waals surface area contributed by atoms with Crippen LogP contribution >= 0.6 is 7.82 Å². The monoisotopic (exact) mass is 887 g/mol. The molecule has 6 unspecified atom stereocenters. The Kier molecular flexibility index (Phi) is 34.7. The molecule has 1 fully saturated rings. The first kappa shape index (κ1) is 56.8. The van der Waals surface area contributed by atoms with Crippen LogP contribution in [-0.4, -0.2) is 98.3 Å². The normalized spacial score (nSPS) is 22.4. The van der Waals surface area contributed by atoms with Crippen LogP contribution < -0.4 is 0 Å². The molecule has 1 saturated carbocycles. The summed E-state index contributed by atoms with van der Waals surface area (Å²) in [5.41, 5.74) is 0. The maximum absolute atomic E-state index is 12.8. The van der Waals surface area contributed by atoms with Crippen LogP contribution in [0.1, 0.15) is 181 Å². The molecule has 13 nitrogen and oxygen atoms in total. The van der Waals surface area contributed by atoms with Gasteiger partial charge in [0.05, 0.1) is 6.61 Å². The first-order valence-corrected chi connectivity index (χ1v) is 24.9. The lowest BCUT2D eigenvalue weighted by molar-refractivity contribution is -0.220. The maximum Gasteiger partial charge on any atom is 0.472 e. The van der Waals surface area contributed by atoms with Crippen molar-refractivity contribution in [3.05, 3.63) is 48.6 Å². The molecule has 1 rings (SSSR count). The number of hydrogen-bond donors (Lipinski definition) is 6. The number of carbonyl (C=O) groups excluding carboxylic acids is 2. The molecule has 0 bridgehead atoms. The third kappa shape index (κ3) is 29.7. The van der Waals surface area contributed by atoms with Crippen molar-refractivity contribution < 1.29 is 63.1 Å². The largest absolute Gasteiger partial charge is 0.472 e. The highest BCUT2D eigenvalue weighted by Gasteiger charge is 2.51. The van der Waals surface area contributed by atoms with Crippen molar-refractivity contribution in [1.82, 2.24) is 0 Å². The second-order valence-corrected chi connectivity index (χ2v) is 17.7. The van der Waals surface area contributed by atoms with Crippen LogP contribution in [0.5, 0.6) is 0 Å². The van der Waals surface area contributed by atoms with E-state index in [0.29, 0.717) is 12.8 Å². The minimum Gasteiger partial charge on any atom is -0.462 e. The number of esters is 2. The Morgan fingerprint density at radius 2 is 0.885 bits per heavy atom. The first-order chi connectivity index (χ1) is 29.4. The van der Waals surface area contributed by atoms with E-state index >= 15 is 0 Å². The number of unbranched alkanes of at least 4 members (excludes halogenated alkanes) is 18. The molecule has 0 heterocycles. The lowest BCUT2D eigenvalue weighted by Gasteiger charge is -2.41. The van der Waals surface area contributed by atoms with Crippen molar-refractivity contribution in [2.24, 2.45) is 0 Å². The predicted octanol–water partition coefficient (Wildman–Crippen LogP) is 9.17. The summed E-state index contributed by atoms with van der Waals surface area (Å²) in [4.78, 5) is 35.7. The van der Waals surface area contributed by atoms with Gasteiger partial charge in [-0.2, -0.15) is 0 Å². The molecule has 1 aliphatic carbocycles. The van der Waals surface area contributed by atoms with Crippen molar-refractivity contribution in [2.75, 3.05) is 13.2 Å². The van der Waals surface area contributed by atoms with Crippen LogP contribution in [0.15, 0.2) is 48.6 Å². The van der Waals surface area contributed by atoms with Crippen molar-refractivity contribution in [3.8, 4) is 0 Å². The zero-order valence-electron chi connectivity index (χ0n) is 37.4. The molecule has 0 aromatic carbocycles. The zero-order chi connectivity index (χ0) is 45.0. The molecule has 0 aromatic rings. The average molecular weight is 887 g/mol. The number of aliphatic hydroxyl groups is 5. The van der Waals surface area contributed by atoms with E-state index in [2.05, 4.69) is 62.5 Å². The molecule has 0 spiro atoms. The summed E-state index contributed by atoms with van der Waals surface area (Å²) in [5.74, 6) is -1.13. The SMILES string of the molecule is CCCCC/C=C/C/C=C/C/C=C/CCCCCCC(=O)OC[C@@H](COP(=O)(O)OC1C(O)C(O)C(O)[C@H](O)C1O)OC(=O)CCCCCCCCC/C=C/CCCCCC. The number of allylic oxidation sites excluding steroid dienone is 8. The van der Waals surface area contributed by atoms with Crippen molar-refractivity contribution in [3.63, 3.8) is 0 Å². The first-order valence-electron chi connectivity index (χ1n) is 23.4. The third-order valence-electron chi connectivity index (χ3n) is 10.6. The van der Waals surface area contributed by atoms with E-state index in [4.69, 9.17) is 18.5 Å². The highest BCUT2D eigenvalue weighted by Crippen LogP contribution is 2.47. The standard InChI is InChI=1S/C47H83O13P/c1-3-5-7-9-11-13-15-17-19-20-22-23-25-27-29-31-33-35-40(48)57-37-39(38-58-61(55,56)60-47-45(53)43(51)42(50)44(52)46(47)54)59-41(49)36-34-32-30-28-26-24-21-18-16-14-12-10-8-6-4-2/h11,13-14,16-17,19,22-23,39,42-47,50-54H,3-10,12,15,18,20-21,24-38H2,1-2H3,(H,55,56)/b13-11+,16-14+,19-17+,23-22+/t39-,42?,43-,44?,45?,46?,47?/m0/s1. The van der Waals surface area contributed by atoms with E-state index in [1.807, 2.05) is 0 Å². The van der Waals surface area contributed by atoms with Gasteiger partial charge in [-0.1, -0.05) is 140 Å². The van der Waals surface area contributed by atoms with E-state index in [9.17, 15) is 44.6 Å². The molecule has 8 atom stereocenters. The van der Waals surface area contributed by atoms with E-state index < -0.39 is 75.7 Å². The van der Waals surface area contributed by atoms with Crippen LogP contribution in [0.25, 0.3) is 0 Å². The summed E-state index contributed by atoms with van der Waals surface area (Å²) in [6.45, 7) is 3.23. The molecule has 1 aliphatic rings. The fourth-order valence-corrected chi connectivity index (χ4v) is 7.79. The summed E-state index contributed by atoms with van der Waals surface area (Å²) >= 11 is 0. The van der Waals surface area contributed by atoms with Crippen LogP contribution in [0, 0.1) is 0 Å². The average Bonchev–Trinajstić information content (AvgIpc) is 3.24. The minimum atomic E-state index is -5.12. The number of rotatable bonds is 38. The molecule has 0 aromatic heterocycles. The van der Waals surface area contributed by atoms with Crippen LogP contribution in [0.2, 0.25) is 0 Å². The van der Waals surface area contributed by atoms with Gasteiger partial charge in [-0.3, -0.25) is 18.6 Å². The molecule has 354 valence electrons. The molecule has 14 heteroatoms. The second-order valence-electron chi connectivity index (χ2n) is 16.3. The number of aliphatic hydroxyl groups excluding tert-OH is 5. The molecule has 0 aliphatic heterocycles. The Morgan fingerprint density at radius 3 is 1.39 bits per heavy atom. The number of phosphoric ester groups is 1. The Balaban J connectivity index is 2.48. The van der Waals surface area contributed by atoms with Gasteiger partial charge in [0, 0.05) is 12.8 Å². The Labute approximate surface area is 367 Å². The fourth-order valence-electron chi connectivity index (χ4n) is 6.82. The smallest absolute Gasteiger partial charge is 0.462 e. The lowest BCUT2D eigenvalue weighted by atomic mass is 9.85. The molecular weight excluding hydrogens is 803 g/mol. The summed E-state index contributed by atoms with van der Waals surface area (Å²) in [6.07, 6.45) is 30.1. The number of phosphoric acid groups is 1. The number of ether oxygens (including phenoxy) is 2. The van der Waals surface area contributed by atoms with Gasteiger partial charge in [-0.05, 0) is 77.0 Å². The van der Waals surface area contributed by atoms with Crippen LogP contribution in [0.3, 0.4) is 0 Å². The molecule has 0 amide bonds. The highest BCUT2D eigenvalue weighted by atomic mass is 31.2. The summed E-state index contributed by atoms with van der Waals surface area (Å²) in [6, 6.07) is 0. The maximum atomic E-state index is 12.8. The molecule has 6 N–H and O–H groups in total. The van der Waals surface area contributed by atoms with Gasteiger partial charge < -0.3 is 39.9 Å². The van der Waals surface area contributed by atoms with Gasteiger partial charge in [0.1, 0.15) is 43.2 Å². The van der Waals surface area contributed by atoms with E-state index in [0.717, 1.165) is 89.9 Å². The van der Waals surface area contributed by atoms with Crippen molar-refractivity contribution in [2.45, 2.75) is 224 Å². The van der Waals surface area contributed by atoms with E-state index in [1.54, 1.807) is 0 Å². The Bertz CT molecular complexity index is 1250. The molecule has 0 saturated heterocycles. The summed E-state index contributed by atoms with van der Waals surface area (Å²) in [5, 5.41) is 50.1. The number of hydrogen-bond acceptors (Lipinski definition) is 12. The highest BCUT2D eigenvalue weighted by molar-refractivity contribution is 7.47. The Morgan fingerprint density at radius 1 is 0.508 bits per heavy atom. The van der Waals surface area contributed by atoms with Crippen molar-refractivity contribution in [1.29, 1.82) is 0 Å². The zero-order valence-corrected chi connectivity index (χ0v) is 38.3. The molecular formula is C47H83O13P. The molecule has 0 radical (unpaired) electrons. The van der Waals surface area contributed by atoms with Gasteiger partial charge in [0.25, 0.3) is 0 Å². The fraction of sp³-hybridized carbons (Fsp3) is 0.787. The topological polar surface area (TPSA) is 210 Å². The quantitative estimate of drug-likeness (QED) is 0.0148. The predicted molar refractivity (Wildman–Crippen MR) is 239 cm³/mol. The van der Waals surface area contributed by atoms with E-state index in [-0.39, 0.29) is 12.8 Å². The van der Waals surface area contributed by atoms with Crippen molar-refractivity contribution >= 4 is 19.8 Å². The van der Waals surface area contributed by atoms with Crippen LogP contribution in [-0.2, 0) is 32.7 Å². The molecule has 61 heavy (non-hydrogen) atoms. The van der Waals surface area contributed by atoms with Gasteiger partial charge in [-0.25, -0.2) is 4.57 Å². The summed E-state index contributed by atoms with van der Waals surface area (Å²) in [7, 11) is -5.12. The van der Waals surface area contributed by atoms with Crippen LogP contribution in [0.4, 0.5) is 0 Å². The Hall–Kier alpha value is -2.19. The summed E-state index contributed by atoms with van der Waals surface area (Å²) < 4.78 is 33.5. The number of carbonyl (C=O) groups is 2.